The van der Waals surface area contributed by atoms with Crippen LogP contribution in [0.5, 0.6) is 0 Å². The van der Waals surface area contributed by atoms with Crippen LogP contribution in [0.1, 0.15) is 51.9 Å². The smallest absolute Gasteiger partial charge is 0.0208 e. The van der Waals surface area contributed by atoms with E-state index in [1.807, 2.05) is 0 Å². The summed E-state index contributed by atoms with van der Waals surface area (Å²) in [4.78, 5) is 0. The molecule has 0 spiro atoms. The van der Waals surface area contributed by atoms with Gasteiger partial charge < -0.3 is 0 Å². The first-order valence-corrected chi connectivity index (χ1v) is 6.42. The third kappa shape index (κ3) is 2.21. The minimum atomic E-state index is 0.821. The van der Waals surface area contributed by atoms with Crippen molar-refractivity contribution in [3.05, 3.63) is 12.7 Å². The van der Waals surface area contributed by atoms with E-state index in [1.54, 1.807) is 0 Å². The van der Waals surface area contributed by atoms with Crippen molar-refractivity contribution in [2.24, 2.45) is 23.7 Å². The van der Waals surface area contributed by atoms with Crippen molar-refractivity contribution >= 4 is 0 Å². The normalized spacial score (nSPS) is 38.2. The van der Waals surface area contributed by atoms with Crippen LogP contribution in [0.3, 0.4) is 0 Å². The average Bonchev–Trinajstić information content (AvgIpc) is 2.44. The lowest BCUT2D eigenvalue weighted by Crippen LogP contribution is -2.12. The molecular formula is C14H24. The summed E-state index contributed by atoms with van der Waals surface area (Å²) in [5.41, 5.74) is 0. The first-order valence-electron chi connectivity index (χ1n) is 6.42. The van der Waals surface area contributed by atoms with E-state index in [4.69, 9.17) is 0 Å². The molecular weight excluding hydrogens is 168 g/mol. The van der Waals surface area contributed by atoms with Crippen LogP contribution in [0.2, 0.25) is 0 Å². The summed E-state index contributed by atoms with van der Waals surface area (Å²) >= 11 is 0. The first kappa shape index (κ1) is 10.3. The lowest BCUT2D eigenvalue weighted by atomic mass is 9.80. The SMILES string of the molecule is C=C[C@H]1CC(CCC2CCC2)CC1C. The van der Waals surface area contributed by atoms with Crippen LogP contribution in [0, 0.1) is 23.7 Å². The van der Waals surface area contributed by atoms with E-state index >= 15 is 0 Å². The second-order valence-corrected chi connectivity index (χ2v) is 5.59. The van der Waals surface area contributed by atoms with Crippen LogP contribution >= 0.6 is 0 Å². The van der Waals surface area contributed by atoms with E-state index in [0.717, 1.165) is 23.7 Å². The minimum Gasteiger partial charge on any atom is -0.103 e. The van der Waals surface area contributed by atoms with Gasteiger partial charge in [-0.3, -0.25) is 0 Å². The second kappa shape index (κ2) is 4.51. The zero-order valence-electron chi connectivity index (χ0n) is 9.54. The van der Waals surface area contributed by atoms with Gasteiger partial charge in [0, 0.05) is 0 Å². The maximum absolute atomic E-state index is 3.95. The van der Waals surface area contributed by atoms with Gasteiger partial charge in [0.05, 0.1) is 0 Å². The molecule has 0 aromatic carbocycles. The molecule has 0 radical (unpaired) electrons. The number of hydrogen-bond acceptors (Lipinski definition) is 0. The highest BCUT2D eigenvalue weighted by molar-refractivity contribution is 4.91. The Labute approximate surface area is 88.8 Å². The Hall–Kier alpha value is -0.260. The molecule has 0 aromatic rings. The van der Waals surface area contributed by atoms with Gasteiger partial charge in [0.1, 0.15) is 0 Å². The first-order chi connectivity index (χ1) is 6.79. The van der Waals surface area contributed by atoms with Crippen LogP contribution in [-0.2, 0) is 0 Å². The van der Waals surface area contributed by atoms with Gasteiger partial charge in [0.15, 0.2) is 0 Å². The van der Waals surface area contributed by atoms with Gasteiger partial charge in [-0.1, -0.05) is 45.1 Å². The van der Waals surface area contributed by atoms with Crippen LogP contribution in [0.25, 0.3) is 0 Å². The van der Waals surface area contributed by atoms with Gasteiger partial charge in [-0.25, -0.2) is 0 Å². The van der Waals surface area contributed by atoms with E-state index < -0.39 is 0 Å². The largest absolute Gasteiger partial charge is 0.103 e. The zero-order chi connectivity index (χ0) is 9.97. The van der Waals surface area contributed by atoms with Crippen molar-refractivity contribution in [2.75, 3.05) is 0 Å². The molecule has 80 valence electrons. The topological polar surface area (TPSA) is 0 Å². The van der Waals surface area contributed by atoms with Crippen LogP contribution in [-0.4, -0.2) is 0 Å². The molecule has 0 bridgehead atoms. The van der Waals surface area contributed by atoms with E-state index in [0.29, 0.717) is 0 Å². The maximum Gasteiger partial charge on any atom is -0.0208 e. The Bertz CT molecular complexity index is 190. The van der Waals surface area contributed by atoms with Crippen molar-refractivity contribution in [2.45, 2.75) is 51.9 Å². The van der Waals surface area contributed by atoms with Crippen LogP contribution in [0.15, 0.2) is 12.7 Å². The maximum atomic E-state index is 3.95. The van der Waals surface area contributed by atoms with Crippen molar-refractivity contribution in [3.63, 3.8) is 0 Å². The average molecular weight is 192 g/mol. The zero-order valence-corrected chi connectivity index (χ0v) is 9.54. The Morgan fingerprint density at radius 3 is 2.36 bits per heavy atom. The molecule has 0 nitrogen and oxygen atoms in total. The van der Waals surface area contributed by atoms with Crippen molar-refractivity contribution in [1.82, 2.24) is 0 Å². The Kier molecular flexibility index (Phi) is 3.30. The van der Waals surface area contributed by atoms with E-state index in [9.17, 15) is 0 Å². The molecule has 14 heavy (non-hydrogen) atoms. The summed E-state index contributed by atoms with van der Waals surface area (Å²) in [5, 5.41) is 0. The molecule has 0 N–H and O–H groups in total. The predicted octanol–water partition coefficient (Wildman–Crippen LogP) is 4.42. The molecule has 0 heteroatoms. The number of hydrogen-bond donors (Lipinski definition) is 0. The third-order valence-electron chi connectivity index (χ3n) is 4.55. The standard InChI is InChI=1S/C14H24/c1-3-14-10-13(9-11(14)2)8-7-12-5-4-6-12/h3,11-14H,1,4-10H2,2H3/t11?,13?,14-/m0/s1. The van der Waals surface area contributed by atoms with E-state index in [1.165, 1.54) is 44.9 Å². The summed E-state index contributed by atoms with van der Waals surface area (Å²) in [6.45, 7) is 6.35. The quantitative estimate of drug-likeness (QED) is 0.579. The van der Waals surface area contributed by atoms with Crippen molar-refractivity contribution in [1.29, 1.82) is 0 Å². The highest BCUT2D eigenvalue weighted by atomic mass is 14.3. The molecule has 2 fully saturated rings. The van der Waals surface area contributed by atoms with Gasteiger partial charge in [-0.15, -0.1) is 6.58 Å². The summed E-state index contributed by atoms with van der Waals surface area (Å²) in [6.07, 6.45) is 12.6. The molecule has 0 heterocycles. The fourth-order valence-corrected chi connectivity index (χ4v) is 3.23. The molecule has 2 aliphatic rings. The van der Waals surface area contributed by atoms with Gasteiger partial charge in [-0.2, -0.15) is 0 Å². The molecule has 0 amide bonds. The monoisotopic (exact) mass is 192 g/mol. The highest BCUT2D eigenvalue weighted by Crippen LogP contribution is 2.41. The lowest BCUT2D eigenvalue weighted by Gasteiger charge is -2.26. The third-order valence-corrected chi connectivity index (χ3v) is 4.55. The van der Waals surface area contributed by atoms with Gasteiger partial charge in [0.25, 0.3) is 0 Å². The van der Waals surface area contributed by atoms with Gasteiger partial charge in [-0.05, 0) is 36.5 Å². The van der Waals surface area contributed by atoms with Gasteiger partial charge >= 0.3 is 0 Å². The van der Waals surface area contributed by atoms with E-state index in [2.05, 4.69) is 19.6 Å². The predicted molar refractivity (Wildman–Crippen MR) is 62.2 cm³/mol. The molecule has 0 saturated heterocycles. The Balaban J connectivity index is 1.69. The Morgan fingerprint density at radius 1 is 1.14 bits per heavy atom. The molecule has 2 rings (SSSR count). The van der Waals surface area contributed by atoms with Crippen molar-refractivity contribution < 1.29 is 0 Å². The molecule has 2 saturated carbocycles. The number of allylic oxidation sites excluding steroid dienone is 1. The highest BCUT2D eigenvalue weighted by Gasteiger charge is 2.29. The summed E-state index contributed by atoms with van der Waals surface area (Å²) < 4.78 is 0. The fraction of sp³-hybridized carbons (Fsp3) is 0.857. The van der Waals surface area contributed by atoms with Crippen LogP contribution < -0.4 is 0 Å². The summed E-state index contributed by atoms with van der Waals surface area (Å²) in [6, 6.07) is 0. The summed E-state index contributed by atoms with van der Waals surface area (Å²) in [7, 11) is 0. The van der Waals surface area contributed by atoms with Crippen molar-refractivity contribution in [3.8, 4) is 0 Å². The molecule has 2 unspecified atom stereocenters. The summed E-state index contributed by atoms with van der Waals surface area (Å²) in [5.74, 6) is 3.85. The molecule has 0 aliphatic heterocycles. The second-order valence-electron chi connectivity index (χ2n) is 5.59. The lowest BCUT2D eigenvalue weighted by molar-refractivity contribution is 0.268. The number of rotatable bonds is 4. The molecule has 2 aliphatic carbocycles. The molecule has 0 aromatic heterocycles. The van der Waals surface area contributed by atoms with E-state index in [-0.39, 0.29) is 0 Å². The molecule has 3 atom stereocenters. The Morgan fingerprint density at radius 2 is 1.86 bits per heavy atom. The van der Waals surface area contributed by atoms with Gasteiger partial charge in [0.2, 0.25) is 0 Å². The van der Waals surface area contributed by atoms with Crippen LogP contribution in [0.4, 0.5) is 0 Å². The fourth-order valence-electron chi connectivity index (χ4n) is 3.23. The minimum absolute atomic E-state index is 0.821.